The van der Waals surface area contributed by atoms with E-state index in [1.54, 1.807) is 0 Å². The van der Waals surface area contributed by atoms with E-state index in [4.69, 9.17) is 4.74 Å². The van der Waals surface area contributed by atoms with E-state index in [0.29, 0.717) is 0 Å². The van der Waals surface area contributed by atoms with Gasteiger partial charge in [-0.15, -0.1) is 0 Å². The van der Waals surface area contributed by atoms with Crippen molar-refractivity contribution < 1.29 is 4.74 Å². The maximum absolute atomic E-state index is 5.76. The Labute approximate surface area is 119 Å². The summed E-state index contributed by atoms with van der Waals surface area (Å²) in [6.45, 7) is 0. The van der Waals surface area contributed by atoms with Gasteiger partial charge in [-0.05, 0) is 52.3 Å². The second kappa shape index (κ2) is 5.34. The SMILES string of the molecule is Brc1cccc(Oc2cc(Br)ccc2Br)c1. The van der Waals surface area contributed by atoms with E-state index in [1.807, 2.05) is 42.5 Å². The van der Waals surface area contributed by atoms with Gasteiger partial charge in [0.1, 0.15) is 11.5 Å². The van der Waals surface area contributed by atoms with Crippen LogP contribution in [0.2, 0.25) is 0 Å². The first-order valence-electron chi connectivity index (χ1n) is 4.53. The number of hydrogen-bond donors (Lipinski definition) is 0. The maximum Gasteiger partial charge on any atom is 0.142 e. The van der Waals surface area contributed by atoms with Crippen molar-refractivity contribution in [2.45, 2.75) is 0 Å². The van der Waals surface area contributed by atoms with Crippen LogP contribution in [-0.4, -0.2) is 0 Å². The summed E-state index contributed by atoms with van der Waals surface area (Å²) >= 11 is 10.3. The van der Waals surface area contributed by atoms with Crippen molar-refractivity contribution in [1.29, 1.82) is 0 Å². The zero-order valence-electron chi connectivity index (χ0n) is 8.08. The molecule has 4 heteroatoms. The molecule has 0 radical (unpaired) electrons. The fourth-order valence-corrected chi connectivity index (χ4v) is 2.26. The van der Waals surface area contributed by atoms with E-state index < -0.39 is 0 Å². The first-order valence-corrected chi connectivity index (χ1v) is 6.91. The molecule has 2 aromatic rings. The van der Waals surface area contributed by atoms with Gasteiger partial charge in [0.05, 0.1) is 4.47 Å². The lowest BCUT2D eigenvalue weighted by molar-refractivity contribution is 0.479. The van der Waals surface area contributed by atoms with Crippen LogP contribution in [0.25, 0.3) is 0 Å². The van der Waals surface area contributed by atoms with Gasteiger partial charge >= 0.3 is 0 Å². The Morgan fingerprint density at radius 3 is 2.31 bits per heavy atom. The Morgan fingerprint density at radius 1 is 0.812 bits per heavy atom. The molecule has 0 saturated carbocycles. The monoisotopic (exact) mass is 404 g/mol. The smallest absolute Gasteiger partial charge is 0.142 e. The summed E-state index contributed by atoms with van der Waals surface area (Å²) in [7, 11) is 0. The van der Waals surface area contributed by atoms with Crippen LogP contribution < -0.4 is 4.74 Å². The highest BCUT2D eigenvalue weighted by molar-refractivity contribution is 9.11. The molecule has 0 bridgehead atoms. The predicted molar refractivity (Wildman–Crippen MR) is 76.1 cm³/mol. The molecule has 0 aliphatic heterocycles. The van der Waals surface area contributed by atoms with E-state index in [0.717, 1.165) is 24.9 Å². The molecule has 0 saturated heterocycles. The van der Waals surface area contributed by atoms with E-state index in [9.17, 15) is 0 Å². The molecule has 0 heterocycles. The summed E-state index contributed by atoms with van der Waals surface area (Å²) in [6.07, 6.45) is 0. The van der Waals surface area contributed by atoms with Crippen LogP contribution in [0.3, 0.4) is 0 Å². The van der Waals surface area contributed by atoms with Crippen molar-refractivity contribution in [2.75, 3.05) is 0 Å². The molecular weight excluding hydrogens is 400 g/mol. The van der Waals surface area contributed by atoms with E-state index in [2.05, 4.69) is 47.8 Å². The van der Waals surface area contributed by atoms with Gasteiger partial charge < -0.3 is 4.74 Å². The van der Waals surface area contributed by atoms with Gasteiger partial charge in [0, 0.05) is 8.95 Å². The van der Waals surface area contributed by atoms with Gasteiger partial charge in [0.25, 0.3) is 0 Å². The average Bonchev–Trinajstić information content (AvgIpc) is 2.24. The predicted octanol–water partition coefficient (Wildman–Crippen LogP) is 5.77. The lowest BCUT2D eigenvalue weighted by atomic mass is 10.3. The summed E-state index contributed by atoms with van der Waals surface area (Å²) in [6, 6.07) is 13.6. The van der Waals surface area contributed by atoms with E-state index in [1.165, 1.54) is 0 Å². The normalized spacial score (nSPS) is 10.2. The minimum absolute atomic E-state index is 0.785. The largest absolute Gasteiger partial charge is 0.456 e. The van der Waals surface area contributed by atoms with E-state index >= 15 is 0 Å². The van der Waals surface area contributed by atoms with Crippen LogP contribution in [-0.2, 0) is 0 Å². The Hall–Kier alpha value is -0.320. The number of rotatable bonds is 2. The molecule has 0 spiro atoms. The number of hydrogen-bond acceptors (Lipinski definition) is 1. The fraction of sp³-hybridized carbons (Fsp3) is 0. The van der Waals surface area contributed by atoms with Gasteiger partial charge in [0.2, 0.25) is 0 Å². The Bertz CT molecular complexity index is 511. The molecule has 0 fully saturated rings. The Kier molecular flexibility index (Phi) is 4.05. The van der Waals surface area contributed by atoms with Gasteiger partial charge in [-0.3, -0.25) is 0 Å². The maximum atomic E-state index is 5.76. The van der Waals surface area contributed by atoms with Gasteiger partial charge in [-0.25, -0.2) is 0 Å². The van der Waals surface area contributed by atoms with Crippen molar-refractivity contribution in [3.63, 3.8) is 0 Å². The highest BCUT2D eigenvalue weighted by Gasteiger charge is 2.03. The summed E-state index contributed by atoms with van der Waals surface area (Å²) in [4.78, 5) is 0. The molecular formula is C12H7Br3O. The molecule has 0 N–H and O–H groups in total. The van der Waals surface area contributed by atoms with Crippen LogP contribution >= 0.6 is 47.8 Å². The molecule has 1 nitrogen and oxygen atoms in total. The number of halogens is 3. The minimum atomic E-state index is 0.785. The molecule has 82 valence electrons. The van der Waals surface area contributed by atoms with Crippen molar-refractivity contribution in [3.8, 4) is 11.5 Å². The van der Waals surface area contributed by atoms with E-state index in [-0.39, 0.29) is 0 Å². The first-order chi connectivity index (χ1) is 7.65. The number of ether oxygens (including phenoxy) is 1. The molecule has 0 amide bonds. The lowest BCUT2D eigenvalue weighted by Gasteiger charge is -2.08. The second-order valence-electron chi connectivity index (χ2n) is 3.13. The van der Waals surface area contributed by atoms with Crippen LogP contribution in [0.4, 0.5) is 0 Å². The molecule has 2 rings (SSSR count). The van der Waals surface area contributed by atoms with Crippen molar-refractivity contribution >= 4 is 47.8 Å². The van der Waals surface area contributed by atoms with Crippen LogP contribution in [0.1, 0.15) is 0 Å². The minimum Gasteiger partial charge on any atom is -0.456 e. The van der Waals surface area contributed by atoms with Gasteiger partial charge in [-0.2, -0.15) is 0 Å². The average molecular weight is 407 g/mol. The van der Waals surface area contributed by atoms with Crippen LogP contribution in [0, 0.1) is 0 Å². The van der Waals surface area contributed by atoms with Crippen LogP contribution in [0.5, 0.6) is 11.5 Å². The standard InChI is InChI=1S/C12H7Br3O/c13-8-2-1-3-10(6-8)16-12-7-9(14)4-5-11(12)15/h1-7H. The third kappa shape index (κ3) is 3.09. The second-order valence-corrected chi connectivity index (χ2v) is 5.82. The molecule has 2 aromatic carbocycles. The van der Waals surface area contributed by atoms with Crippen molar-refractivity contribution in [1.82, 2.24) is 0 Å². The molecule has 0 aliphatic rings. The molecule has 0 aliphatic carbocycles. The van der Waals surface area contributed by atoms with Crippen molar-refractivity contribution in [3.05, 3.63) is 55.9 Å². The molecule has 16 heavy (non-hydrogen) atoms. The highest BCUT2D eigenvalue weighted by Crippen LogP contribution is 2.32. The summed E-state index contributed by atoms with van der Waals surface area (Å²) in [5.74, 6) is 1.58. The third-order valence-electron chi connectivity index (χ3n) is 1.92. The summed E-state index contributed by atoms with van der Waals surface area (Å²) < 4.78 is 8.67. The fourth-order valence-electron chi connectivity index (χ4n) is 1.21. The van der Waals surface area contributed by atoms with Gasteiger partial charge in [-0.1, -0.05) is 37.9 Å². The highest BCUT2D eigenvalue weighted by atomic mass is 79.9. The Morgan fingerprint density at radius 2 is 1.56 bits per heavy atom. The third-order valence-corrected chi connectivity index (χ3v) is 3.56. The molecule has 0 atom stereocenters. The summed E-state index contributed by atoms with van der Waals surface area (Å²) in [5, 5.41) is 0. The van der Waals surface area contributed by atoms with Gasteiger partial charge in [0.15, 0.2) is 0 Å². The van der Waals surface area contributed by atoms with Crippen molar-refractivity contribution in [2.24, 2.45) is 0 Å². The quantitative estimate of drug-likeness (QED) is 0.615. The topological polar surface area (TPSA) is 9.23 Å². The molecule has 0 unspecified atom stereocenters. The molecule has 0 aromatic heterocycles. The zero-order chi connectivity index (χ0) is 11.5. The summed E-state index contributed by atoms with van der Waals surface area (Å²) in [5.41, 5.74) is 0. The Balaban J connectivity index is 2.30. The number of benzene rings is 2. The zero-order valence-corrected chi connectivity index (χ0v) is 12.8. The first kappa shape index (κ1) is 12.1. The van der Waals surface area contributed by atoms with Crippen LogP contribution in [0.15, 0.2) is 55.9 Å². The lowest BCUT2D eigenvalue weighted by Crippen LogP contribution is -1.85.